The van der Waals surface area contributed by atoms with E-state index in [2.05, 4.69) is 4.74 Å². The lowest BCUT2D eigenvalue weighted by molar-refractivity contribution is -0.149. The fourth-order valence-electron chi connectivity index (χ4n) is 1.38. The van der Waals surface area contributed by atoms with Crippen LogP contribution in [0.2, 0.25) is 0 Å². The van der Waals surface area contributed by atoms with Gasteiger partial charge in [-0.1, -0.05) is 6.07 Å². The van der Waals surface area contributed by atoms with Crippen LogP contribution in [0.3, 0.4) is 0 Å². The summed E-state index contributed by atoms with van der Waals surface area (Å²) in [6.45, 7) is 7.82. The fraction of sp³-hybridized carbons (Fsp3) is 0.385. The van der Waals surface area contributed by atoms with Crippen molar-refractivity contribution in [2.24, 2.45) is 0 Å². The number of hydrogen-bond acceptors (Lipinski definition) is 4. The predicted molar refractivity (Wildman–Crippen MR) is 68.2 cm³/mol. The van der Waals surface area contributed by atoms with Gasteiger partial charge in [0.05, 0.1) is 6.61 Å². The van der Waals surface area contributed by atoms with E-state index in [0.717, 1.165) is 27.8 Å². The van der Waals surface area contributed by atoms with Crippen molar-refractivity contribution in [2.45, 2.75) is 32.6 Å². The molecule has 0 saturated heterocycles. The summed E-state index contributed by atoms with van der Waals surface area (Å²) in [5.74, 6) is -0.782. The van der Waals surface area contributed by atoms with Crippen molar-refractivity contribution >= 4 is 22.8 Å². The zero-order valence-corrected chi connectivity index (χ0v) is 11.3. The highest BCUT2D eigenvalue weighted by atomic mass is 32.2. The van der Waals surface area contributed by atoms with Crippen LogP contribution in [0.15, 0.2) is 17.0 Å². The summed E-state index contributed by atoms with van der Waals surface area (Å²) in [6.07, 6.45) is 0. The normalized spacial score (nSPS) is 10.1. The van der Waals surface area contributed by atoms with Gasteiger partial charge in [0, 0.05) is 4.90 Å². The van der Waals surface area contributed by atoms with Crippen LogP contribution in [0, 0.1) is 20.8 Å². The zero-order valence-electron chi connectivity index (χ0n) is 10.5. The summed E-state index contributed by atoms with van der Waals surface area (Å²) in [5, 5.41) is -0.571. The molecule has 0 aliphatic heterocycles. The predicted octanol–water partition coefficient (Wildman–Crippen LogP) is 2.79. The standard InChI is InChI=1S/C13H16O3S/c1-5-16-12(14)13(15)17-11-7-9(3)8(2)6-10(11)4/h6-7H,5H2,1-4H3. The van der Waals surface area contributed by atoms with E-state index in [1.54, 1.807) is 6.92 Å². The second-order valence-electron chi connectivity index (χ2n) is 3.81. The molecule has 0 aliphatic rings. The maximum absolute atomic E-state index is 11.5. The number of esters is 1. The maximum Gasteiger partial charge on any atom is 0.386 e. The number of rotatable bonds is 2. The van der Waals surface area contributed by atoms with Gasteiger partial charge in [-0.05, 0) is 62.2 Å². The van der Waals surface area contributed by atoms with Gasteiger partial charge < -0.3 is 4.74 Å². The van der Waals surface area contributed by atoms with Gasteiger partial charge in [-0.3, -0.25) is 4.79 Å². The highest BCUT2D eigenvalue weighted by Crippen LogP contribution is 2.26. The summed E-state index contributed by atoms with van der Waals surface area (Å²) in [4.78, 5) is 23.6. The van der Waals surface area contributed by atoms with Gasteiger partial charge >= 0.3 is 11.1 Å². The molecule has 92 valence electrons. The molecule has 4 heteroatoms. The van der Waals surface area contributed by atoms with Crippen molar-refractivity contribution in [3.8, 4) is 0 Å². The molecule has 17 heavy (non-hydrogen) atoms. The molecule has 3 nitrogen and oxygen atoms in total. The summed E-state index contributed by atoms with van der Waals surface area (Å²) in [7, 11) is 0. The molecule has 0 fully saturated rings. The lowest BCUT2D eigenvalue weighted by Gasteiger charge is -2.08. The third kappa shape index (κ3) is 3.60. The number of hydrogen-bond donors (Lipinski definition) is 0. The van der Waals surface area contributed by atoms with E-state index in [-0.39, 0.29) is 6.61 Å². The molecule has 0 spiro atoms. The molecular formula is C13H16O3S. The number of benzene rings is 1. The van der Waals surface area contributed by atoms with Crippen LogP contribution >= 0.6 is 11.8 Å². The number of carbonyl (C=O) groups is 2. The lowest BCUT2D eigenvalue weighted by atomic mass is 10.1. The van der Waals surface area contributed by atoms with Gasteiger partial charge in [-0.25, -0.2) is 4.79 Å². The van der Waals surface area contributed by atoms with Crippen molar-refractivity contribution < 1.29 is 14.3 Å². The first-order valence-electron chi connectivity index (χ1n) is 5.42. The summed E-state index contributed by atoms with van der Waals surface area (Å²) >= 11 is 0.928. The molecular weight excluding hydrogens is 236 g/mol. The molecule has 0 radical (unpaired) electrons. The molecule has 0 aromatic heterocycles. The number of carbonyl (C=O) groups excluding carboxylic acids is 2. The Morgan fingerprint density at radius 3 is 2.29 bits per heavy atom. The molecule has 0 bridgehead atoms. The van der Waals surface area contributed by atoms with Crippen LogP contribution < -0.4 is 0 Å². The van der Waals surface area contributed by atoms with Crippen LogP contribution in [-0.2, 0) is 14.3 Å². The smallest absolute Gasteiger partial charge is 0.386 e. The van der Waals surface area contributed by atoms with Crippen LogP contribution in [0.1, 0.15) is 23.6 Å². The van der Waals surface area contributed by atoms with Crippen LogP contribution in [0.5, 0.6) is 0 Å². The topological polar surface area (TPSA) is 43.4 Å². The van der Waals surface area contributed by atoms with Gasteiger partial charge in [0.15, 0.2) is 0 Å². The van der Waals surface area contributed by atoms with E-state index in [1.165, 1.54) is 5.56 Å². The van der Waals surface area contributed by atoms with Gasteiger partial charge in [-0.2, -0.15) is 0 Å². The quantitative estimate of drug-likeness (QED) is 0.461. The van der Waals surface area contributed by atoms with Crippen molar-refractivity contribution in [3.63, 3.8) is 0 Å². The average Bonchev–Trinajstić information content (AvgIpc) is 2.26. The number of thioether (sulfide) groups is 1. The first kappa shape index (κ1) is 13.8. The SMILES string of the molecule is CCOC(=O)C(=O)Sc1cc(C)c(C)cc1C. The van der Waals surface area contributed by atoms with Crippen LogP contribution in [-0.4, -0.2) is 17.7 Å². The summed E-state index contributed by atoms with van der Waals surface area (Å²) in [5.41, 5.74) is 3.28. The van der Waals surface area contributed by atoms with Gasteiger partial charge in [0.25, 0.3) is 0 Å². The monoisotopic (exact) mass is 252 g/mol. The Labute approximate surface area is 106 Å². The summed E-state index contributed by atoms with van der Waals surface area (Å²) < 4.78 is 4.66. The first-order chi connectivity index (χ1) is 7.95. The van der Waals surface area contributed by atoms with Gasteiger partial charge in [0.1, 0.15) is 0 Å². The number of aryl methyl sites for hydroxylation is 3. The molecule has 0 amide bonds. The largest absolute Gasteiger partial charge is 0.460 e. The van der Waals surface area contributed by atoms with Crippen molar-refractivity contribution in [2.75, 3.05) is 6.61 Å². The van der Waals surface area contributed by atoms with E-state index >= 15 is 0 Å². The Bertz CT molecular complexity index is 452. The Hall–Kier alpha value is -1.29. The van der Waals surface area contributed by atoms with Crippen LogP contribution in [0.25, 0.3) is 0 Å². The van der Waals surface area contributed by atoms with E-state index in [1.807, 2.05) is 32.9 Å². The Kier molecular flexibility index (Phi) is 4.75. The minimum Gasteiger partial charge on any atom is -0.460 e. The number of ether oxygens (including phenoxy) is 1. The van der Waals surface area contributed by atoms with E-state index in [9.17, 15) is 9.59 Å². The second-order valence-corrected chi connectivity index (χ2v) is 4.83. The molecule has 1 rings (SSSR count). The third-order valence-electron chi connectivity index (χ3n) is 2.44. The zero-order chi connectivity index (χ0) is 13.0. The van der Waals surface area contributed by atoms with Gasteiger partial charge in [-0.15, -0.1) is 0 Å². The van der Waals surface area contributed by atoms with Crippen LogP contribution in [0.4, 0.5) is 0 Å². The Balaban J connectivity index is 2.85. The minimum atomic E-state index is -0.782. The molecule has 0 heterocycles. The minimum absolute atomic E-state index is 0.219. The molecule has 0 saturated carbocycles. The Morgan fingerprint density at radius 2 is 1.71 bits per heavy atom. The van der Waals surface area contributed by atoms with E-state index < -0.39 is 11.1 Å². The van der Waals surface area contributed by atoms with Crippen molar-refractivity contribution in [1.82, 2.24) is 0 Å². The van der Waals surface area contributed by atoms with E-state index in [0.29, 0.717) is 0 Å². The molecule has 0 atom stereocenters. The summed E-state index contributed by atoms with van der Waals surface area (Å²) in [6, 6.07) is 3.93. The molecule has 0 N–H and O–H groups in total. The van der Waals surface area contributed by atoms with Crippen molar-refractivity contribution in [3.05, 3.63) is 28.8 Å². The molecule has 1 aromatic carbocycles. The maximum atomic E-state index is 11.5. The average molecular weight is 252 g/mol. The molecule has 1 aromatic rings. The van der Waals surface area contributed by atoms with Gasteiger partial charge in [0.2, 0.25) is 0 Å². The fourth-order valence-corrected chi connectivity index (χ4v) is 2.17. The molecule has 0 aliphatic carbocycles. The highest BCUT2D eigenvalue weighted by molar-refractivity contribution is 8.15. The lowest BCUT2D eigenvalue weighted by Crippen LogP contribution is -2.13. The Morgan fingerprint density at radius 1 is 1.12 bits per heavy atom. The molecule has 0 unspecified atom stereocenters. The third-order valence-corrected chi connectivity index (χ3v) is 3.45. The second kappa shape index (κ2) is 5.87. The first-order valence-corrected chi connectivity index (χ1v) is 6.24. The van der Waals surface area contributed by atoms with Crippen molar-refractivity contribution in [1.29, 1.82) is 0 Å². The highest BCUT2D eigenvalue weighted by Gasteiger charge is 2.17. The van der Waals surface area contributed by atoms with E-state index in [4.69, 9.17) is 0 Å².